The number of halogens is 3. The average Bonchev–Trinajstić information content (AvgIpc) is 3.26. The Morgan fingerprint density at radius 1 is 1.25 bits per heavy atom. The first-order valence-corrected chi connectivity index (χ1v) is 9.70. The van der Waals surface area contributed by atoms with Gasteiger partial charge in [-0.15, -0.1) is 0 Å². The van der Waals surface area contributed by atoms with Gasteiger partial charge in [0, 0.05) is 22.9 Å². The SMILES string of the molecule is CC1(C)Cc2cc(Cl)cc(COc3c(F)cc(CC4CC4C=O)cc3F)c2O1. The summed E-state index contributed by atoms with van der Waals surface area (Å²) >= 11 is 6.18. The molecule has 2 aliphatic rings. The molecule has 2 aromatic carbocycles. The molecule has 148 valence electrons. The predicted molar refractivity (Wildman–Crippen MR) is 102 cm³/mol. The van der Waals surface area contributed by atoms with Crippen LogP contribution in [0.4, 0.5) is 8.78 Å². The quantitative estimate of drug-likeness (QED) is 0.611. The van der Waals surface area contributed by atoms with Gasteiger partial charge in [0.05, 0.1) is 0 Å². The third-order valence-electron chi connectivity index (χ3n) is 5.28. The van der Waals surface area contributed by atoms with Crippen molar-refractivity contribution in [2.75, 3.05) is 0 Å². The van der Waals surface area contributed by atoms with Crippen molar-refractivity contribution in [1.29, 1.82) is 0 Å². The highest BCUT2D eigenvalue weighted by molar-refractivity contribution is 6.30. The van der Waals surface area contributed by atoms with E-state index in [9.17, 15) is 13.6 Å². The molecular formula is C22H21ClF2O3. The van der Waals surface area contributed by atoms with Crippen LogP contribution in [0.25, 0.3) is 0 Å². The number of aldehydes is 1. The van der Waals surface area contributed by atoms with Crippen molar-refractivity contribution in [3.8, 4) is 11.5 Å². The van der Waals surface area contributed by atoms with Gasteiger partial charge in [-0.25, -0.2) is 8.78 Å². The molecule has 0 N–H and O–H groups in total. The van der Waals surface area contributed by atoms with Crippen molar-refractivity contribution < 1.29 is 23.0 Å². The molecule has 2 unspecified atom stereocenters. The minimum Gasteiger partial charge on any atom is -0.487 e. The minimum absolute atomic E-state index is 0.0104. The second-order valence-corrected chi connectivity index (χ2v) is 8.71. The summed E-state index contributed by atoms with van der Waals surface area (Å²) in [6.07, 6.45) is 2.88. The van der Waals surface area contributed by atoms with Gasteiger partial charge >= 0.3 is 0 Å². The van der Waals surface area contributed by atoms with Crippen LogP contribution in [0.2, 0.25) is 5.02 Å². The highest BCUT2D eigenvalue weighted by Gasteiger charge is 2.37. The van der Waals surface area contributed by atoms with Crippen molar-refractivity contribution >= 4 is 17.9 Å². The lowest BCUT2D eigenvalue weighted by atomic mass is 10.0. The Labute approximate surface area is 167 Å². The number of ether oxygens (including phenoxy) is 2. The lowest BCUT2D eigenvalue weighted by Gasteiger charge is -2.18. The first-order valence-electron chi connectivity index (χ1n) is 9.32. The fourth-order valence-corrected chi connectivity index (χ4v) is 4.11. The molecule has 0 spiro atoms. The Bertz CT molecular complexity index is 919. The van der Waals surface area contributed by atoms with Gasteiger partial charge in [0.1, 0.15) is 24.2 Å². The van der Waals surface area contributed by atoms with Gasteiger partial charge in [0.25, 0.3) is 0 Å². The van der Waals surface area contributed by atoms with Crippen molar-refractivity contribution in [3.05, 3.63) is 57.6 Å². The van der Waals surface area contributed by atoms with Crippen LogP contribution in [0.15, 0.2) is 24.3 Å². The molecule has 1 fully saturated rings. The second-order valence-electron chi connectivity index (χ2n) is 8.27. The van der Waals surface area contributed by atoms with Gasteiger partial charge in [0.15, 0.2) is 17.4 Å². The summed E-state index contributed by atoms with van der Waals surface area (Å²) in [6.45, 7) is 3.89. The molecule has 1 heterocycles. The van der Waals surface area contributed by atoms with Gasteiger partial charge in [0.2, 0.25) is 0 Å². The number of benzene rings is 2. The highest BCUT2D eigenvalue weighted by Crippen LogP contribution is 2.41. The van der Waals surface area contributed by atoms with E-state index in [1.165, 1.54) is 12.1 Å². The first kappa shape index (κ1) is 19.2. The van der Waals surface area contributed by atoms with E-state index in [1.807, 2.05) is 19.9 Å². The Hall–Kier alpha value is -2.14. The molecule has 1 aliphatic carbocycles. The van der Waals surface area contributed by atoms with E-state index in [-0.39, 0.29) is 24.0 Å². The summed E-state index contributed by atoms with van der Waals surface area (Å²) in [6, 6.07) is 6.09. The number of hydrogen-bond donors (Lipinski definition) is 0. The van der Waals surface area contributed by atoms with Gasteiger partial charge in [-0.05, 0) is 68.0 Å². The summed E-state index contributed by atoms with van der Waals surface area (Å²) in [4.78, 5) is 10.7. The second kappa shape index (κ2) is 7.03. The number of rotatable bonds is 6. The average molecular weight is 407 g/mol. The zero-order chi connectivity index (χ0) is 20.1. The summed E-state index contributed by atoms with van der Waals surface area (Å²) in [7, 11) is 0. The summed E-state index contributed by atoms with van der Waals surface area (Å²) in [5, 5.41) is 0.532. The summed E-state index contributed by atoms with van der Waals surface area (Å²) in [5.74, 6) is -1.07. The van der Waals surface area contributed by atoms with Crippen molar-refractivity contribution in [2.24, 2.45) is 11.8 Å². The molecule has 28 heavy (non-hydrogen) atoms. The molecule has 2 aromatic rings. The van der Waals surface area contributed by atoms with Gasteiger partial charge in [-0.2, -0.15) is 0 Å². The number of carbonyl (C=O) groups is 1. The lowest BCUT2D eigenvalue weighted by molar-refractivity contribution is -0.109. The molecule has 3 nitrogen and oxygen atoms in total. The molecule has 1 aliphatic heterocycles. The van der Waals surface area contributed by atoms with E-state index in [0.717, 1.165) is 18.3 Å². The third-order valence-corrected chi connectivity index (χ3v) is 5.50. The lowest BCUT2D eigenvalue weighted by Crippen LogP contribution is -2.25. The molecular weight excluding hydrogens is 386 g/mol. The molecule has 6 heteroatoms. The zero-order valence-electron chi connectivity index (χ0n) is 15.7. The molecule has 1 saturated carbocycles. The van der Waals surface area contributed by atoms with Crippen LogP contribution in [-0.2, 0) is 24.2 Å². The van der Waals surface area contributed by atoms with E-state index in [0.29, 0.717) is 34.7 Å². The summed E-state index contributed by atoms with van der Waals surface area (Å²) < 4.78 is 40.3. The maximum Gasteiger partial charge on any atom is 0.191 e. The zero-order valence-corrected chi connectivity index (χ0v) is 16.5. The molecule has 0 aromatic heterocycles. The van der Waals surface area contributed by atoms with Crippen LogP contribution in [0.1, 0.15) is 37.0 Å². The number of hydrogen-bond acceptors (Lipinski definition) is 3. The molecule has 0 bridgehead atoms. The maximum absolute atomic E-state index is 14.4. The van der Waals surface area contributed by atoms with E-state index in [1.54, 1.807) is 6.07 Å². The smallest absolute Gasteiger partial charge is 0.191 e. The van der Waals surface area contributed by atoms with Crippen LogP contribution in [0, 0.1) is 23.5 Å². The molecule has 0 saturated heterocycles. The van der Waals surface area contributed by atoms with E-state index >= 15 is 0 Å². The monoisotopic (exact) mass is 406 g/mol. The molecule has 2 atom stereocenters. The van der Waals surface area contributed by atoms with E-state index in [2.05, 4.69) is 0 Å². The topological polar surface area (TPSA) is 35.5 Å². The van der Waals surface area contributed by atoms with Gasteiger partial charge < -0.3 is 14.3 Å². The van der Waals surface area contributed by atoms with Crippen LogP contribution in [0.3, 0.4) is 0 Å². The van der Waals surface area contributed by atoms with Crippen LogP contribution in [-0.4, -0.2) is 11.9 Å². The summed E-state index contributed by atoms with van der Waals surface area (Å²) in [5.41, 5.74) is 1.79. The number of carbonyl (C=O) groups excluding carboxylic acids is 1. The normalized spacial score (nSPS) is 21.8. The largest absolute Gasteiger partial charge is 0.487 e. The van der Waals surface area contributed by atoms with Crippen molar-refractivity contribution in [3.63, 3.8) is 0 Å². The fourth-order valence-electron chi connectivity index (χ4n) is 3.85. The van der Waals surface area contributed by atoms with Crippen LogP contribution >= 0.6 is 11.6 Å². The molecule has 0 amide bonds. The first-order chi connectivity index (χ1) is 13.3. The van der Waals surface area contributed by atoms with Gasteiger partial charge in [-0.3, -0.25) is 0 Å². The maximum atomic E-state index is 14.4. The van der Waals surface area contributed by atoms with E-state index in [4.69, 9.17) is 21.1 Å². The van der Waals surface area contributed by atoms with Crippen molar-refractivity contribution in [1.82, 2.24) is 0 Å². The Morgan fingerprint density at radius 2 is 1.96 bits per heavy atom. The third kappa shape index (κ3) is 3.86. The minimum atomic E-state index is -0.752. The fraction of sp³-hybridized carbons (Fsp3) is 0.409. The van der Waals surface area contributed by atoms with Crippen molar-refractivity contribution in [2.45, 2.75) is 45.3 Å². The Kier molecular flexibility index (Phi) is 4.82. The standard InChI is InChI=1S/C22H21ClF2O3/c1-22(2)9-14-7-17(23)8-16(20(14)28-22)11-27-21-18(24)4-12(5-19(21)25)3-13-6-15(13)10-26/h4-5,7-8,10,13,15H,3,6,9,11H2,1-2H3. The Morgan fingerprint density at radius 3 is 2.61 bits per heavy atom. The van der Waals surface area contributed by atoms with E-state index < -0.39 is 17.4 Å². The number of fused-ring (bicyclic) bond motifs is 1. The predicted octanol–water partition coefficient (Wildman–Crippen LogP) is 5.29. The highest BCUT2D eigenvalue weighted by atomic mass is 35.5. The molecule has 0 radical (unpaired) electrons. The Balaban J connectivity index is 1.51. The van der Waals surface area contributed by atoms with Crippen LogP contribution < -0.4 is 9.47 Å². The molecule has 4 rings (SSSR count). The van der Waals surface area contributed by atoms with Crippen LogP contribution in [0.5, 0.6) is 11.5 Å². The van der Waals surface area contributed by atoms with Gasteiger partial charge in [-0.1, -0.05) is 11.6 Å².